The van der Waals surface area contributed by atoms with Crippen LogP contribution in [-0.4, -0.2) is 52.3 Å². The summed E-state index contributed by atoms with van der Waals surface area (Å²) < 4.78 is 0. The number of rotatable bonds is 4. The molecule has 0 bridgehead atoms. The smallest absolute Gasteiger partial charge is 0.0763 e. The highest BCUT2D eigenvalue weighted by atomic mass is 79.9. The van der Waals surface area contributed by atoms with Crippen LogP contribution in [0.2, 0.25) is 0 Å². The van der Waals surface area contributed by atoms with Crippen molar-refractivity contribution in [3.63, 3.8) is 0 Å². The van der Waals surface area contributed by atoms with Crippen molar-refractivity contribution in [1.29, 1.82) is 0 Å². The van der Waals surface area contributed by atoms with Crippen LogP contribution < -0.4 is 0 Å². The lowest BCUT2D eigenvalue weighted by atomic mass is 10.1. The van der Waals surface area contributed by atoms with Crippen LogP contribution in [0.5, 0.6) is 0 Å². The van der Waals surface area contributed by atoms with E-state index >= 15 is 0 Å². The number of hydrogen-bond donors (Lipinski definition) is 2. The molecule has 4 heteroatoms. The van der Waals surface area contributed by atoms with Crippen LogP contribution in [0, 0.1) is 0 Å². The van der Waals surface area contributed by atoms with Gasteiger partial charge in [-0.3, -0.25) is 4.90 Å². The second-order valence-corrected chi connectivity index (χ2v) is 4.64. The number of hydrogen-bond acceptors (Lipinski definition) is 3. The zero-order chi connectivity index (χ0) is 10.4. The van der Waals surface area contributed by atoms with E-state index in [1.807, 2.05) is 0 Å². The molecule has 14 heavy (non-hydrogen) atoms. The fraction of sp³-hybridized carbons (Fsp3) is 1.00. The third-order valence-electron chi connectivity index (χ3n) is 2.83. The first-order valence-corrected chi connectivity index (χ1v) is 6.49. The number of alkyl halides is 1. The number of aliphatic hydroxyl groups is 2. The van der Waals surface area contributed by atoms with Crippen molar-refractivity contribution in [3.8, 4) is 0 Å². The molecule has 0 saturated carbocycles. The Kier molecular flexibility index (Phi) is 6.01. The van der Waals surface area contributed by atoms with Gasteiger partial charge in [0.25, 0.3) is 0 Å². The molecule has 1 fully saturated rings. The molecule has 1 saturated heterocycles. The highest BCUT2D eigenvalue weighted by Crippen LogP contribution is 2.16. The van der Waals surface area contributed by atoms with E-state index in [0.717, 1.165) is 13.0 Å². The molecule has 0 aromatic carbocycles. The summed E-state index contributed by atoms with van der Waals surface area (Å²) in [7, 11) is 0. The first-order valence-electron chi connectivity index (χ1n) is 5.37. The molecule has 0 aromatic heterocycles. The van der Waals surface area contributed by atoms with Crippen LogP contribution in [0.3, 0.4) is 0 Å². The average molecular weight is 266 g/mol. The quantitative estimate of drug-likeness (QED) is 0.745. The summed E-state index contributed by atoms with van der Waals surface area (Å²) in [4.78, 5) is 2.22. The lowest BCUT2D eigenvalue weighted by molar-refractivity contribution is 0.0741. The molecular formula is C10H20BrNO2. The monoisotopic (exact) mass is 265 g/mol. The Morgan fingerprint density at radius 3 is 2.79 bits per heavy atom. The summed E-state index contributed by atoms with van der Waals surface area (Å²) >= 11 is 3.26. The Hall–Kier alpha value is 0.360. The summed E-state index contributed by atoms with van der Waals surface area (Å²) in [5.74, 6) is 0. The van der Waals surface area contributed by atoms with E-state index in [1.165, 1.54) is 19.3 Å². The highest BCUT2D eigenvalue weighted by molar-refractivity contribution is 9.09. The lowest BCUT2D eigenvalue weighted by Gasteiger charge is -2.29. The highest BCUT2D eigenvalue weighted by Gasteiger charge is 2.21. The second-order valence-electron chi connectivity index (χ2n) is 3.99. The van der Waals surface area contributed by atoms with Gasteiger partial charge < -0.3 is 10.2 Å². The topological polar surface area (TPSA) is 43.7 Å². The maximum atomic E-state index is 9.55. The molecule has 84 valence electrons. The van der Waals surface area contributed by atoms with Crippen molar-refractivity contribution in [1.82, 2.24) is 4.90 Å². The van der Waals surface area contributed by atoms with E-state index in [-0.39, 0.29) is 18.8 Å². The minimum atomic E-state index is -0.317. The first-order chi connectivity index (χ1) is 6.77. The van der Waals surface area contributed by atoms with Gasteiger partial charge in [0, 0.05) is 17.9 Å². The standard InChI is InChI=1S/C10H20BrNO2/c11-6-10(14)7-12-5-3-1-2-4-9(12)8-13/h9-10,13-14H,1-8H2. The van der Waals surface area contributed by atoms with Gasteiger partial charge in [0.2, 0.25) is 0 Å². The molecule has 3 nitrogen and oxygen atoms in total. The minimum Gasteiger partial charge on any atom is -0.395 e. The molecule has 2 unspecified atom stereocenters. The zero-order valence-corrected chi connectivity index (χ0v) is 10.1. The van der Waals surface area contributed by atoms with Crippen LogP contribution >= 0.6 is 15.9 Å². The predicted octanol–water partition coefficient (Wildman–Crippen LogP) is 0.979. The van der Waals surface area contributed by atoms with Crippen LogP contribution in [0.25, 0.3) is 0 Å². The molecule has 0 aromatic rings. The molecule has 0 amide bonds. The van der Waals surface area contributed by atoms with E-state index in [1.54, 1.807) is 0 Å². The third kappa shape index (κ3) is 3.85. The number of likely N-dealkylation sites (tertiary alicyclic amines) is 1. The van der Waals surface area contributed by atoms with E-state index < -0.39 is 0 Å². The molecule has 1 rings (SSSR count). The summed E-state index contributed by atoms with van der Waals surface area (Å²) in [6, 6.07) is 0.256. The summed E-state index contributed by atoms with van der Waals surface area (Å²) in [5.41, 5.74) is 0. The molecule has 0 radical (unpaired) electrons. The Balaban J connectivity index is 2.43. The van der Waals surface area contributed by atoms with Crippen molar-refractivity contribution in [2.24, 2.45) is 0 Å². The van der Waals surface area contributed by atoms with Crippen LogP contribution in [0.1, 0.15) is 25.7 Å². The molecule has 2 atom stereocenters. The van der Waals surface area contributed by atoms with Gasteiger partial charge in [0.05, 0.1) is 12.7 Å². The normalized spacial score (nSPS) is 27.2. The van der Waals surface area contributed by atoms with Crippen molar-refractivity contribution < 1.29 is 10.2 Å². The van der Waals surface area contributed by atoms with Crippen molar-refractivity contribution in [2.45, 2.75) is 37.8 Å². The minimum absolute atomic E-state index is 0.217. The maximum Gasteiger partial charge on any atom is 0.0763 e. The van der Waals surface area contributed by atoms with Crippen molar-refractivity contribution >= 4 is 15.9 Å². The van der Waals surface area contributed by atoms with Gasteiger partial charge >= 0.3 is 0 Å². The molecular weight excluding hydrogens is 246 g/mol. The van der Waals surface area contributed by atoms with Gasteiger partial charge in [-0.1, -0.05) is 28.8 Å². The molecule has 1 aliphatic rings. The zero-order valence-electron chi connectivity index (χ0n) is 8.53. The maximum absolute atomic E-state index is 9.55. The molecule has 1 aliphatic heterocycles. The van der Waals surface area contributed by atoms with Gasteiger partial charge in [-0.25, -0.2) is 0 Å². The van der Waals surface area contributed by atoms with Crippen LogP contribution in [0.15, 0.2) is 0 Å². The van der Waals surface area contributed by atoms with E-state index in [0.29, 0.717) is 11.9 Å². The molecule has 1 heterocycles. The summed E-state index contributed by atoms with van der Waals surface area (Å²) in [5, 5.41) is 19.4. The van der Waals surface area contributed by atoms with Gasteiger partial charge in [-0.15, -0.1) is 0 Å². The van der Waals surface area contributed by atoms with E-state index in [2.05, 4.69) is 20.8 Å². The van der Waals surface area contributed by atoms with Gasteiger partial charge in [0.1, 0.15) is 0 Å². The fourth-order valence-electron chi connectivity index (χ4n) is 2.00. The van der Waals surface area contributed by atoms with E-state index in [9.17, 15) is 10.2 Å². The number of nitrogens with zero attached hydrogens (tertiary/aromatic N) is 1. The number of halogens is 1. The Bertz CT molecular complexity index is 157. The average Bonchev–Trinajstić information content (AvgIpc) is 2.42. The second kappa shape index (κ2) is 6.77. The van der Waals surface area contributed by atoms with Crippen molar-refractivity contribution in [2.75, 3.05) is 25.0 Å². The Labute approximate surface area is 94.2 Å². The Morgan fingerprint density at radius 1 is 1.36 bits per heavy atom. The van der Waals surface area contributed by atoms with Gasteiger partial charge in [-0.05, 0) is 19.4 Å². The van der Waals surface area contributed by atoms with Crippen LogP contribution in [0.4, 0.5) is 0 Å². The largest absolute Gasteiger partial charge is 0.395 e. The predicted molar refractivity (Wildman–Crippen MR) is 60.7 cm³/mol. The van der Waals surface area contributed by atoms with E-state index in [4.69, 9.17) is 0 Å². The summed E-state index contributed by atoms with van der Waals surface area (Å²) in [6.07, 6.45) is 4.38. The molecule has 2 N–H and O–H groups in total. The SMILES string of the molecule is OCC1CCCCCN1CC(O)CBr. The third-order valence-corrected chi connectivity index (χ3v) is 3.58. The lowest BCUT2D eigenvalue weighted by Crippen LogP contribution is -2.42. The van der Waals surface area contributed by atoms with Crippen LogP contribution in [-0.2, 0) is 0 Å². The number of β-amino-alcohol motifs (C(OH)–C–C–N with tert-alkyl or cyclic N) is 1. The first kappa shape index (κ1) is 12.4. The van der Waals surface area contributed by atoms with Gasteiger partial charge in [-0.2, -0.15) is 0 Å². The molecule has 0 aliphatic carbocycles. The van der Waals surface area contributed by atoms with Crippen molar-refractivity contribution in [3.05, 3.63) is 0 Å². The summed E-state index contributed by atoms with van der Waals surface area (Å²) in [6.45, 7) is 1.90. The molecule has 0 spiro atoms. The fourth-order valence-corrected chi connectivity index (χ4v) is 2.21. The van der Waals surface area contributed by atoms with Gasteiger partial charge in [0.15, 0.2) is 0 Å². The Morgan fingerprint density at radius 2 is 2.14 bits per heavy atom. The number of aliphatic hydroxyl groups excluding tert-OH is 2.